The maximum atomic E-state index is 11.0. The summed E-state index contributed by atoms with van der Waals surface area (Å²) < 4.78 is 0. The Bertz CT molecular complexity index is 189. The lowest BCUT2D eigenvalue weighted by Gasteiger charge is -2.33. The van der Waals surface area contributed by atoms with Crippen molar-refractivity contribution >= 4 is 5.97 Å². The van der Waals surface area contributed by atoms with Gasteiger partial charge in [0.2, 0.25) is 0 Å². The van der Waals surface area contributed by atoms with Crippen LogP contribution in [0.25, 0.3) is 0 Å². The first kappa shape index (κ1) is 12.4. The van der Waals surface area contributed by atoms with Gasteiger partial charge in [-0.15, -0.1) is 0 Å². The summed E-state index contributed by atoms with van der Waals surface area (Å²) in [4.78, 5) is 11.0. The van der Waals surface area contributed by atoms with Crippen molar-refractivity contribution in [1.82, 2.24) is 0 Å². The second kappa shape index (κ2) is 4.09. The number of carboxylic acid groups (broad SMARTS) is 1. The molecule has 3 N–H and O–H groups in total. The van der Waals surface area contributed by atoms with Crippen LogP contribution in [0.5, 0.6) is 0 Å². The van der Waals surface area contributed by atoms with Crippen LogP contribution in [0.15, 0.2) is 0 Å². The van der Waals surface area contributed by atoms with Crippen molar-refractivity contribution in [2.45, 2.75) is 52.5 Å². The average molecular weight is 187 g/mol. The van der Waals surface area contributed by atoms with E-state index < -0.39 is 11.4 Å². The number of hydrogen-bond donors (Lipinski definition) is 2. The van der Waals surface area contributed by atoms with Crippen LogP contribution < -0.4 is 5.73 Å². The van der Waals surface area contributed by atoms with E-state index in [1.807, 2.05) is 20.8 Å². The Morgan fingerprint density at radius 3 is 2.00 bits per heavy atom. The molecule has 0 radical (unpaired) electrons. The Hall–Kier alpha value is -0.570. The van der Waals surface area contributed by atoms with Crippen LogP contribution in [0.4, 0.5) is 0 Å². The van der Waals surface area contributed by atoms with Gasteiger partial charge in [-0.1, -0.05) is 13.8 Å². The fourth-order valence-corrected chi connectivity index (χ4v) is 1.37. The molecule has 0 rings (SSSR count). The monoisotopic (exact) mass is 187 g/mol. The number of nitrogens with two attached hydrogens (primary N) is 1. The van der Waals surface area contributed by atoms with E-state index in [4.69, 9.17) is 10.8 Å². The van der Waals surface area contributed by atoms with Crippen LogP contribution in [-0.2, 0) is 4.79 Å². The summed E-state index contributed by atoms with van der Waals surface area (Å²) in [6.45, 7) is 7.54. The highest BCUT2D eigenvalue weighted by Crippen LogP contribution is 2.32. The highest BCUT2D eigenvalue weighted by molar-refractivity contribution is 5.74. The third-order valence-corrected chi connectivity index (χ3v) is 2.90. The summed E-state index contributed by atoms with van der Waals surface area (Å²) in [5.41, 5.74) is 4.90. The Balaban J connectivity index is 4.54. The van der Waals surface area contributed by atoms with E-state index in [0.717, 1.165) is 6.42 Å². The zero-order valence-electron chi connectivity index (χ0n) is 9.05. The molecular formula is C10H21NO2. The van der Waals surface area contributed by atoms with E-state index in [1.54, 1.807) is 6.92 Å². The molecule has 0 aliphatic heterocycles. The number of carboxylic acids is 1. The van der Waals surface area contributed by atoms with Crippen molar-refractivity contribution in [2.24, 2.45) is 11.1 Å². The summed E-state index contributed by atoms with van der Waals surface area (Å²) in [6, 6.07) is 0. The van der Waals surface area contributed by atoms with E-state index in [-0.39, 0.29) is 5.54 Å². The minimum atomic E-state index is -0.750. The molecular weight excluding hydrogens is 166 g/mol. The summed E-state index contributed by atoms with van der Waals surface area (Å²) in [5.74, 6) is -0.750. The van der Waals surface area contributed by atoms with Crippen LogP contribution in [0.1, 0.15) is 47.0 Å². The zero-order chi connectivity index (χ0) is 10.7. The fourth-order valence-electron chi connectivity index (χ4n) is 1.37. The van der Waals surface area contributed by atoms with Crippen LogP contribution in [-0.4, -0.2) is 16.6 Å². The minimum absolute atomic E-state index is 0.372. The molecule has 0 aromatic rings. The van der Waals surface area contributed by atoms with E-state index in [1.165, 1.54) is 0 Å². The van der Waals surface area contributed by atoms with Crippen LogP contribution in [0, 0.1) is 5.41 Å². The molecule has 13 heavy (non-hydrogen) atoms. The fraction of sp³-hybridized carbons (Fsp3) is 0.900. The Morgan fingerprint density at radius 2 is 1.77 bits per heavy atom. The normalized spacial score (nSPS) is 20.4. The van der Waals surface area contributed by atoms with E-state index in [9.17, 15) is 4.79 Å². The smallest absolute Gasteiger partial charge is 0.309 e. The van der Waals surface area contributed by atoms with Gasteiger partial charge in [0.05, 0.1) is 5.41 Å². The van der Waals surface area contributed by atoms with E-state index in [2.05, 4.69) is 0 Å². The first-order chi connectivity index (χ1) is 5.77. The molecule has 3 nitrogen and oxygen atoms in total. The number of carbonyl (C=O) groups is 1. The highest BCUT2D eigenvalue weighted by atomic mass is 16.4. The molecule has 0 spiro atoms. The van der Waals surface area contributed by atoms with Crippen molar-refractivity contribution in [1.29, 1.82) is 0 Å². The molecule has 0 aromatic heterocycles. The topological polar surface area (TPSA) is 63.3 Å². The van der Waals surface area contributed by atoms with Gasteiger partial charge in [0.1, 0.15) is 0 Å². The molecule has 0 saturated heterocycles. The summed E-state index contributed by atoms with van der Waals surface area (Å²) >= 11 is 0. The SMILES string of the molecule is CCC(C)(C[C@](C)(N)CC)C(=O)O. The molecule has 0 amide bonds. The first-order valence-electron chi connectivity index (χ1n) is 4.79. The predicted octanol–water partition coefficient (Wildman–Crippen LogP) is 2.00. The summed E-state index contributed by atoms with van der Waals surface area (Å²) in [7, 11) is 0. The lowest BCUT2D eigenvalue weighted by Crippen LogP contribution is -2.43. The van der Waals surface area contributed by atoms with Gasteiger partial charge < -0.3 is 10.8 Å². The van der Waals surface area contributed by atoms with E-state index in [0.29, 0.717) is 12.8 Å². The quantitative estimate of drug-likeness (QED) is 0.692. The maximum Gasteiger partial charge on any atom is 0.309 e. The molecule has 78 valence electrons. The second-order valence-corrected chi connectivity index (χ2v) is 4.40. The minimum Gasteiger partial charge on any atom is -0.481 e. The van der Waals surface area contributed by atoms with Crippen molar-refractivity contribution < 1.29 is 9.90 Å². The van der Waals surface area contributed by atoms with Gasteiger partial charge in [-0.05, 0) is 33.1 Å². The lowest BCUT2D eigenvalue weighted by atomic mass is 9.75. The third kappa shape index (κ3) is 3.35. The number of hydrogen-bond acceptors (Lipinski definition) is 2. The van der Waals surface area contributed by atoms with Gasteiger partial charge in [-0.2, -0.15) is 0 Å². The van der Waals surface area contributed by atoms with Gasteiger partial charge in [0, 0.05) is 5.54 Å². The molecule has 1 unspecified atom stereocenters. The third-order valence-electron chi connectivity index (χ3n) is 2.90. The molecule has 0 aromatic carbocycles. The van der Waals surface area contributed by atoms with Gasteiger partial charge in [-0.3, -0.25) is 4.79 Å². The number of aliphatic carboxylic acids is 1. The van der Waals surface area contributed by atoms with E-state index >= 15 is 0 Å². The molecule has 0 saturated carbocycles. The van der Waals surface area contributed by atoms with Crippen LogP contribution >= 0.6 is 0 Å². The van der Waals surface area contributed by atoms with Gasteiger partial charge in [0.15, 0.2) is 0 Å². The lowest BCUT2D eigenvalue weighted by molar-refractivity contribution is -0.149. The van der Waals surface area contributed by atoms with Crippen molar-refractivity contribution in [3.63, 3.8) is 0 Å². The highest BCUT2D eigenvalue weighted by Gasteiger charge is 2.36. The van der Waals surface area contributed by atoms with Crippen molar-refractivity contribution in [3.8, 4) is 0 Å². The number of rotatable bonds is 5. The van der Waals surface area contributed by atoms with Crippen LogP contribution in [0.2, 0.25) is 0 Å². The van der Waals surface area contributed by atoms with Crippen molar-refractivity contribution in [3.05, 3.63) is 0 Å². The molecule has 0 aliphatic rings. The van der Waals surface area contributed by atoms with Gasteiger partial charge in [-0.25, -0.2) is 0 Å². The molecule has 0 heterocycles. The van der Waals surface area contributed by atoms with Crippen LogP contribution in [0.3, 0.4) is 0 Å². The first-order valence-corrected chi connectivity index (χ1v) is 4.79. The van der Waals surface area contributed by atoms with Gasteiger partial charge in [0.25, 0.3) is 0 Å². The Morgan fingerprint density at radius 1 is 1.31 bits per heavy atom. The zero-order valence-corrected chi connectivity index (χ0v) is 9.05. The maximum absolute atomic E-state index is 11.0. The molecule has 3 heteroatoms. The Kier molecular flexibility index (Phi) is 3.91. The molecule has 0 fully saturated rings. The predicted molar refractivity (Wildman–Crippen MR) is 53.5 cm³/mol. The van der Waals surface area contributed by atoms with Crippen molar-refractivity contribution in [2.75, 3.05) is 0 Å². The molecule has 2 atom stereocenters. The Labute approximate surface area is 80.3 Å². The largest absolute Gasteiger partial charge is 0.481 e. The second-order valence-electron chi connectivity index (χ2n) is 4.40. The average Bonchev–Trinajstić information content (AvgIpc) is 2.03. The van der Waals surface area contributed by atoms with Gasteiger partial charge >= 0.3 is 5.97 Å². The summed E-state index contributed by atoms with van der Waals surface area (Å²) in [5, 5.41) is 9.04. The molecule has 0 bridgehead atoms. The summed E-state index contributed by atoms with van der Waals surface area (Å²) in [6.07, 6.45) is 1.95. The standard InChI is InChI=1S/C10H21NO2/c1-5-9(3,8(12)13)7-10(4,11)6-2/h5-7,11H2,1-4H3,(H,12,13)/t9?,10-/m1/s1. The molecule has 0 aliphatic carbocycles.